The zero-order chi connectivity index (χ0) is 17.0. The van der Waals surface area contributed by atoms with Crippen LogP contribution in [0.2, 0.25) is 0 Å². The highest BCUT2D eigenvalue weighted by atomic mass is 32.2. The summed E-state index contributed by atoms with van der Waals surface area (Å²) in [7, 11) is -6.83. The molecule has 0 atom stereocenters. The zero-order valence-electron chi connectivity index (χ0n) is 13.5. The highest BCUT2D eigenvalue weighted by molar-refractivity contribution is 7.92. The van der Waals surface area contributed by atoms with E-state index in [0.717, 1.165) is 17.4 Å². The number of nitrogens with zero attached hydrogens (tertiary/aromatic N) is 1. The number of hydrogen-bond donors (Lipinski definition) is 1. The maximum Gasteiger partial charge on any atom is 0.232 e. The largest absolute Gasteiger partial charge is 0.269 e. The van der Waals surface area contributed by atoms with E-state index in [2.05, 4.69) is 4.72 Å². The van der Waals surface area contributed by atoms with Gasteiger partial charge < -0.3 is 0 Å². The lowest BCUT2D eigenvalue weighted by Crippen LogP contribution is -2.39. The van der Waals surface area contributed by atoms with Crippen LogP contribution in [0.15, 0.2) is 18.2 Å². The van der Waals surface area contributed by atoms with Crippen LogP contribution in [0.1, 0.15) is 24.5 Å². The van der Waals surface area contributed by atoms with Crippen molar-refractivity contribution < 1.29 is 16.8 Å². The minimum Gasteiger partial charge on any atom is -0.269 e. The Hall–Kier alpha value is -1.12. The third-order valence-corrected chi connectivity index (χ3v) is 5.90. The van der Waals surface area contributed by atoms with Gasteiger partial charge in [-0.1, -0.05) is 24.6 Å². The van der Waals surface area contributed by atoms with E-state index in [-0.39, 0.29) is 18.8 Å². The van der Waals surface area contributed by atoms with Crippen molar-refractivity contribution in [1.82, 2.24) is 4.72 Å². The fraction of sp³-hybridized carbons (Fsp3) is 0.571. The van der Waals surface area contributed by atoms with Crippen LogP contribution in [0.5, 0.6) is 0 Å². The lowest BCUT2D eigenvalue weighted by atomic mass is 10.1. The molecule has 1 aromatic rings. The summed E-state index contributed by atoms with van der Waals surface area (Å²) in [6, 6.07) is 5.47. The molecule has 0 unspecified atom stereocenters. The van der Waals surface area contributed by atoms with Gasteiger partial charge in [0.05, 0.1) is 17.7 Å². The molecule has 0 aromatic heterocycles. The predicted octanol–water partition coefficient (Wildman–Crippen LogP) is 1.40. The van der Waals surface area contributed by atoms with Gasteiger partial charge >= 0.3 is 0 Å². The van der Waals surface area contributed by atoms with Crippen LogP contribution in [-0.4, -0.2) is 41.9 Å². The molecule has 1 rings (SSSR count). The van der Waals surface area contributed by atoms with E-state index in [0.29, 0.717) is 12.1 Å². The Balaban J connectivity index is 2.93. The third-order valence-electron chi connectivity index (χ3n) is 3.13. The van der Waals surface area contributed by atoms with Crippen molar-refractivity contribution in [2.75, 3.05) is 29.4 Å². The van der Waals surface area contributed by atoms with E-state index >= 15 is 0 Å². The molecule has 6 nitrogen and oxygen atoms in total. The summed E-state index contributed by atoms with van der Waals surface area (Å²) in [5.74, 6) is 0.0371. The molecule has 0 fully saturated rings. The Morgan fingerprint density at radius 2 is 1.77 bits per heavy atom. The molecule has 126 valence electrons. The average molecular weight is 348 g/mol. The van der Waals surface area contributed by atoms with E-state index < -0.39 is 20.0 Å². The van der Waals surface area contributed by atoms with Crippen molar-refractivity contribution in [2.24, 2.45) is 0 Å². The summed E-state index contributed by atoms with van der Waals surface area (Å²) in [6.07, 6.45) is 1.63. The number of aryl methyl sites for hydroxylation is 2. The third kappa shape index (κ3) is 5.58. The second-order valence-electron chi connectivity index (χ2n) is 5.34. The molecule has 0 amide bonds. The van der Waals surface area contributed by atoms with Crippen LogP contribution < -0.4 is 9.03 Å². The molecule has 0 spiro atoms. The van der Waals surface area contributed by atoms with Gasteiger partial charge in [0.2, 0.25) is 20.0 Å². The number of anilines is 1. The van der Waals surface area contributed by atoms with Gasteiger partial charge in [0.25, 0.3) is 0 Å². The minimum absolute atomic E-state index is 0.0371. The molecule has 0 heterocycles. The van der Waals surface area contributed by atoms with E-state index in [1.165, 1.54) is 4.31 Å². The fourth-order valence-electron chi connectivity index (χ4n) is 2.19. The topological polar surface area (TPSA) is 83.6 Å². The molecular weight excluding hydrogens is 324 g/mol. The van der Waals surface area contributed by atoms with Gasteiger partial charge in [-0.25, -0.2) is 21.6 Å². The van der Waals surface area contributed by atoms with Crippen LogP contribution in [0.3, 0.4) is 0 Å². The molecule has 0 bridgehead atoms. The van der Waals surface area contributed by atoms with Crippen LogP contribution in [0.25, 0.3) is 0 Å². The highest BCUT2D eigenvalue weighted by Crippen LogP contribution is 2.23. The summed E-state index contributed by atoms with van der Waals surface area (Å²) in [5, 5.41) is 0. The summed E-state index contributed by atoms with van der Waals surface area (Å²) in [5.41, 5.74) is 2.45. The van der Waals surface area contributed by atoms with Gasteiger partial charge in [-0.3, -0.25) is 4.31 Å². The standard InChI is InChI=1S/C14H24N2O4S2/c1-5-10-22(19,20)15-8-9-16(21(4,17)18)14-7-6-12(2)11-13(14)3/h6-7,11,15H,5,8-10H2,1-4H3. The Labute approximate surface area is 133 Å². The molecular formula is C14H24N2O4S2. The first-order valence-electron chi connectivity index (χ1n) is 7.09. The Morgan fingerprint density at radius 3 is 2.27 bits per heavy atom. The predicted molar refractivity (Wildman–Crippen MR) is 90.2 cm³/mol. The summed E-state index contributed by atoms with van der Waals surface area (Å²) in [4.78, 5) is 0. The fourth-order valence-corrected chi connectivity index (χ4v) is 4.26. The highest BCUT2D eigenvalue weighted by Gasteiger charge is 2.19. The van der Waals surface area contributed by atoms with Crippen molar-refractivity contribution in [2.45, 2.75) is 27.2 Å². The maximum atomic E-state index is 12.0. The molecule has 0 aliphatic heterocycles. The van der Waals surface area contributed by atoms with Crippen molar-refractivity contribution in [3.05, 3.63) is 29.3 Å². The minimum atomic E-state index is -3.48. The van der Waals surface area contributed by atoms with Gasteiger partial charge in [-0.15, -0.1) is 0 Å². The Kier molecular flexibility index (Phi) is 6.39. The number of rotatable bonds is 8. The molecule has 1 aromatic carbocycles. The molecule has 8 heteroatoms. The van der Waals surface area contributed by atoms with Gasteiger partial charge in [0, 0.05) is 13.1 Å². The molecule has 0 saturated heterocycles. The molecule has 0 radical (unpaired) electrons. The Bertz CT molecular complexity index is 712. The van der Waals surface area contributed by atoms with E-state index in [1.807, 2.05) is 26.0 Å². The zero-order valence-corrected chi connectivity index (χ0v) is 15.1. The van der Waals surface area contributed by atoms with Crippen molar-refractivity contribution >= 4 is 25.7 Å². The van der Waals surface area contributed by atoms with E-state index in [1.54, 1.807) is 13.0 Å². The maximum absolute atomic E-state index is 12.0. The number of nitrogens with one attached hydrogen (secondary N) is 1. The number of hydrogen-bond acceptors (Lipinski definition) is 4. The van der Waals surface area contributed by atoms with Crippen LogP contribution in [0.4, 0.5) is 5.69 Å². The van der Waals surface area contributed by atoms with Gasteiger partial charge in [-0.05, 0) is 31.9 Å². The second-order valence-corrected chi connectivity index (χ2v) is 9.17. The van der Waals surface area contributed by atoms with Crippen molar-refractivity contribution in [3.63, 3.8) is 0 Å². The first-order chi connectivity index (χ1) is 10.1. The molecule has 1 N–H and O–H groups in total. The molecule has 22 heavy (non-hydrogen) atoms. The number of benzene rings is 1. The van der Waals surface area contributed by atoms with Gasteiger partial charge in [0.1, 0.15) is 0 Å². The lowest BCUT2D eigenvalue weighted by molar-refractivity contribution is 0.577. The molecule has 0 aliphatic rings. The van der Waals surface area contributed by atoms with Gasteiger partial charge in [-0.2, -0.15) is 0 Å². The Morgan fingerprint density at radius 1 is 1.14 bits per heavy atom. The average Bonchev–Trinajstić information content (AvgIpc) is 2.34. The number of sulfonamides is 2. The van der Waals surface area contributed by atoms with Crippen molar-refractivity contribution in [3.8, 4) is 0 Å². The molecule has 0 aliphatic carbocycles. The van der Waals surface area contributed by atoms with Crippen LogP contribution in [0, 0.1) is 13.8 Å². The summed E-state index contributed by atoms with van der Waals surface area (Å²) in [6.45, 7) is 5.65. The van der Waals surface area contributed by atoms with Crippen LogP contribution >= 0.6 is 0 Å². The smallest absolute Gasteiger partial charge is 0.232 e. The quantitative estimate of drug-likeness (QED) is 0.770. The first-order valence-corrected chi connectivity index (χ1v) is 10.6. The summed E-state index contributed by atoms with van der Waals surface area (Å²) >= 11 is 0. The SMILES string of the molecule is CCCS(=O)(=O)NCCN(c1ccc(C)cc1C)S(C)(=O)=O. The first kappa shape index (κ1) is 18.9. The second kappa shape index (κ2) is 7.43. The molecule has 0 saturated carbocycles. The monoisotopic (exact) mass is 348 g/mol. The lowest BCUT2D eigenvalue weighted by Gasteiger charge is -2.24. The normalized spacial score (nSPS) is 12.4. The van der Waals surface area contributed by atoms with Gasteiger partial charge in [0.15, 0.2) is 0 Å². The van der Waals surface area contributed by atoms with E-state index in [4.69, 9.17) is 0 Å². The van der Waals surface area contributed by atoms with Crippen molar-refractivity contribution in [1.29, 1.82) is 0 Å². The van der Waals surface area contributed by atoms with Crippen LogP contribution in [-0.2, 0) is 20.0 Å². The van der Waals surface area contributed by atoms with E-state index in [9.17, 15) is 16.8 Å². The summed E-state index contributed by atoms with van der Waals surface area (Å²) < 4.78 is 50.9.